The number of nitrogens with one attached hydrogen (secondary N) is 2. The van der Waals surface area contributed by atoms with Crippen LogP contribution in [0, 0.1) is 6.92 Å². The van der Waals surface area contributed by atoms with E-state index in [9.17, 15) is 13.2 Å². The highest BCUT2D eigenvalue weighted by atomic mass is 32.2. The van der Waals surface area contributed by atoms with Gasteiger partial charge >= 0.3 is 0 Å². The fourth-order valence-electron chi connectivity index (χ4n) is 3.80. The Labute approximate surface area is 176 Å². The minimum atomic E-state index is -3.90. The van der Waals surface area contributed by atoms with Crippen molar-refractivity contribution in [3.8, 4) is 11.4 Å². The first-order valence-corrected chi connectivity index (χ1v) is 12.1. The maximum Gasteiger partial charge on any atom is 0.241 e. The van der Waals surface area contributed by atoms with Crippen molar-refractivity contribution < 1.29 is 17.7 Å². The predicted molar refractivity (Wildman–Crippen MR) is 111 cm³/mol. The fraction of sp³-hybridized carbons (Fsp3) is 0.571. The number of nitrogens with zero attached hydrogens (tertiary/aromatic N) is 2. The number of hydrogen-bond acceptors (Lipinski definition) is 6. The molecule has 0 spiro atoms. The summed E-state index contributed by atoms with van der Waals surface area (Å²) < 4.78 is 33.8. The molecule has 9 heteroatoms. The zero-order valence-corrected chi connectivity index (χ0v) is 18.2. The smallest absolute Gasteiger partial charge is 0.241 e. The van der Waals surface area contributed by atoms with E-state index >= 15 is 0 Å². The molecule has 8 nitrogen and oxygen atoms in total. The van der Waals surface area contributed by atoms with Crippen LogP contribution in [-0.2, 0) is 14.8 Å². The molecular formula is C21H28N4O4S. The van der Waals surface area contributed by atoms with Crippen LogP contribution in [0.25, 0.3) is 11.4 Å². The van der Waals surface area contributed by atoms with Gasteiger partial charge in [-0.25, -0.2) is 8.42 Å². The summed E-state index contributed by atoms with van der Waals surface area (Å²) in [6.07, 6.45) is 7.34. The van der Waals surface area contributed by atoms with E-state index in [1.54, 1.807) is 26.0 Å². The van der Waals surface area contributed by atoms with Gasteiger partial charge in [-0.15, -0.1) is 0 Å². The highest BCUT2D eigenvalue weighted by molar-refractivity contribution is 7.89. The molecule has 0 saturated heterocycles. The van der Waals surface area contributed by atoms with E-state index in [0.717, 1.165) is 38.5 Å². The number of hydrogen-bond donors (Lipinski definition) is 2. The highest BCUT2D eigenvalue weighted by Crippen LogP contribution is 2.39. The van der Waals surface area contributed by atoms with E-state index in [2.05, 4.69) is 20.2 Å². The van der Waals surface area contributed by atoms with Crippen molar-refractivity contribution in [1.82, 2.24) is 20.2 Å². The Morgan fingerprint density at radius 2 is 1.90 bits per heavy atom. The number of aryl methyl sites for hydroxylation is 1. The summed E-state index contributed by atoms with van der Waals surface area (Å²) in [5.41, 5.74) is 1.15. The summed E-state index contributed by atoms with van der Waals surface area (Å²) in [6, 6.07) is 4.28. The molecule has 2 N–H and O–H groups in total. The molecule has 0 aliphatic heterocycles. The molecular weight excluding hydrogens is 404 g/mol. The average Bonchev–Trinajstić information content (AvgIpc) is 3.45. The number of sulfonamides is 1. The van der Waals surface area contributed by atoms with Crippen LogP contribution in [-0.4, -0.2) is 36.5 Å². The first-order valence-electron chi connectivity index (χ1n) is 10.6. The van der Waals surface area contributed by atoms with Crippen LogP contribution in [0.4, 0.5) is 0 Å². The van der Waals surface area contributed by atoms with Gasteiger partial charge < -0.3 is 9.84 Å². The van der Waals surface area contributed by atoms with E-state index in [0.29, 0.717) is 28.8 Å². The molecule has 0 unspecified atom stereocenters. The average molecular weight is 433 g/mol. The van der Waals surface area contributed by atoms with Gasteiger partial charge in [0.05, 0.1) is 10.9 Å². The molecule has 1 amide bonds. The van der Waals surface area contributed by atoms with Gasteiger partial charge in [-0.2, -0.15) is 9.71 Å². The number of aromatic nitrogens is 2. The lowest BCUT2D eigenvalue weighted by Crippen LogP contribution is -2.48. The second kappa shape index (κ2) is 8.47. The summed E-state index contributed by atoms with van der Waals surface area (Å²) in [5.74, 6) is 0.995. The van der Waals surface area contributed by atoms with Crippen LogP contribution in [0.3, 0.4) is 0 Å². The third kappa shape index (κ3) is 4.73. The summed E-state index contributed by atoms with van der Waals surface area (Å²) >= 11 is 0. The largest absolute Gasteiger partial charge is 0.352 e. The lowest BCUT2D eigenvalue weighted by molar-refractivity contribution is -0.123. The van der Waals surface area contributed by atoms with Gasteiger partial charge in [-0.05, 0) is 51.2 Å². The fourth-order valence-corrected chi connectivity index (χ4v) is 5.27. The summed E-state index contributed by atoms with van der Waals surface area (Å²) in [6.45, 7) is 3.28. The van der Waals surface area contributed by atoms with Gasteiger partial charge in [0.25, 0.3) is 0 Å². The monoisotopic (exact) mass is 432 g/mol. The van der Waals surface area contributed by atoms with Crippen LogP contribution in [0.1, 0.15) is 69.2 Å². The summed E-state index contributed by atoms with van der Waals surface area (Å²) in [5, 5.41) is 6.95. The zero-order valence-electron chi connectivity index (χ0n) is 17.3. The van der Waals surface area contributed by atoms with Crippen molar-refractivity contribution in [3.05, 3.63) is 29.7 Å². The van der Waals surface area contributed by atoms with Crippen molar-refractivity contribution in [2.75, 3.05) is 0 Å². The van der Waals surface area contributed by atoms with Crippen LogP contribution in [0.2, 0.25) is 0 Å². The highest BCUT2D eigenvalue weighted by Gasteiger charge is 2.30. The Morgan fingerprint density at radius 1 is 1.17 bits per heavy atom. The van der Waals surface area contributed by atoms with Crippen molar-refractivity contribution >= 4 is 15.9 Å². The maximum absolute atomic E-state index is 13.0. The molecule has 1 aromatic carbocycles. The Kier molecular flexibility index (Phi) is 5.92. The minimum absolute atomic E-state index is 0.107. The van der Waals surface area contributed by atoms with Crippen molar-refractivity contribution in [1.29, 1.82) is 0 Å². The number of carbonyl (C=O) groups excluding carboxylic acids is 1. The Hall–Kier alpha value is -2.26. The second-order valence-corrected chi connectivity index (χ2v) is 10.1. The Balaban J connectivity index is 1.48. The molecule has 0 bridgehead atoms. The van der Waals surface area contributed by atoms with Gasteiger partial charge in [-0.1, -0.05) is 36.6 Å². The van der Waals surface area contributed by atoms with E-state index < -0.39 is 16.1 Å². The minimum Gasteiger partial charge on any atom is -0.352 e. The topological polar surface area (TPSA) is 114 Å². The molecule has 1 atom stereocenters. The van der Waals surface area contributed by atoms with Gasteiger partial charge in [0.1, 0.15) is 0 Å². The van der Waals surface area contributed by atoms with E-state index in [4.69, 9.17) is 4.52 Å². The molecule has 2 aliphatic carbocycles. The third-order valence-electron chi connectivity index (χ3n) is 5.78. The van der Waals surface area contributed by atoms with E-state index in [1.165, 1.54) is 12.5 Å². The normalized spacial score (nSPS) is 18.9. The van der Waals surface area contributed by atoms with E-state index in [1.807, 2.05) is 0 Å². The van der Waals surface area contributed by atoms with Crippen molar-refractivity contribution in [2.24, 2.45) is 0 Å². The molecule has 2 fully saturated rings. The maximum atomic E-state index is 13.0. The first-order chi connectivity index (χ1) is 14.3. The molecule has 30 heavy (non-hydrogen) atoms. The molecule has 2 aliphatic rings. The number of amides is 1. The van der Waals surface area contributed by atoms with Crippen LogP contribution < -0.4 is 10.0 Å². The van der Waals surface area contributed by atoms with Gasteiger partial charge in [-0.3, -0.25) is 4.79 Å². The van der Waals surface area contributed by atoms with Crippen molar-refractivity contribution in [3.63, 3.8) is 0 Å². The van der Waals surface area contributed by atoms with Crippen LogP contribution in [0.15, 0.2) is 27.6 Å². The van der Waals surface area contributed by atoms with Gasteiger partial charge in [0.15, 0.2) is 0 Å². The summed E-state index contributed by atoms with van der Waals surface area (Å²) in [7, 11) is -3.90. The lowest BCUT2D eigenvalue weighted by atomic mass is 9.95. The number of carbonyl (C=O) groups is 1. The zero-order chi connectivity index (χ0) is 21.3. The van der Waals surface area contributed by atoms with Crippen LogP contribution in [0.5, 0.6) is 0 Å². The molecule has 162 valence electrons. The Morgan fingerprint density at radius 3 is 2.60 bits per heavy atom. The lowest BCUT2D eigenvalue weighted by Gasteiger charge is -2.24. The van der Waals surface area contributed by atoms with Gasteiger partial charge in [0, 0.05) is 17.5 Å². The molecule has 2 saturated carbocycles. The SMILES string of the molecule is Cc1ccc(-c2noc(C3CC3)n2)cc1S(=O)(=O)N[C@H](C)C(=O)NC1CCCCC1. The molecule has 0 radical (unpaired) electrons. The first kappa shape index (κ1) is 21.0. The van der Waals surface area contributed by atoms with E-state index in [-0.39, 0.29) is 16.8 Å². The molecule has 1 heterocycles. The van der Waals surface area contributed by atoms with Crippen LogP contribution >= 0.6 is 0 Å². The molecule has 1 aromatic heterocycles. The number of benzene rings is 1. The molecule has 2 aromatic rings. The quantitative estimate of drug-likeness (QED) is 0.695. The second-order valence-electron chi connectivity index (χ2n) is 8.40. The third-order valence-corrected chi connectivity index (χ3v) is 7.46. The number of rotatable bonds is 7. The summed E-state index contributed by atoms with van der Waals surface area (Å²) in [4.78, 5) is 17.0. The Bertz CT molecular complexity index is 1020. The standard InChI is InChI=1S/C21H28N4O4S/c1-13-8-9-16(19-23-21(29-24-19)15-10-11-15)12-18(13)30(27,28)25-14(2)20(26)22-17-6-4-3-5-7-17/h8-9,12,14-15,17,25H,3-7,10-11H2,1-2H3,(H,22,26)/t14-/m1/s1. The predicted octanol–water partition coefficient (Wildman–Crippen LogP) is 3.04. The van der Waals surface area contributed by atoms with Gasteiger partial charge in [0.2, 0.25) is 27.6 Å². The molecule has 4 rings (SSSR count). The van der Waals surface area contributed by atoms with Crippen molar-refractivity contribution in [2.45, 2.75) is 81.7 Å².